The van der Waals surface area contributed by atoms with Crippen LogP contribution >= 0.6 is 23.1 Å². The fourth-order valence-corrected chi connectivity index (χ4v) is 7.06. The SMILES string of the molecule is CCn1c(=NC(=O)C2CCCN(S(=O)(=O)c3ccccc3)C2)sc2cc(SC)ccc21. The monoisotopic (exact) mass is 475 g/mol. The van der Waals surface area contributed by atoms with E-state index in [0.29, 0.717) is 30.7 Å². The summed E-state index contributed by atoms with van der Waals surface area (Å²) in [5.74, 6) is -0.670. The Morgan fingerprint density at radius 1 is 1.23 bits per heavy atom. The third kappa shape index (κ3) is 4.50. The zero-order valence-electron chi connectivity index (χ0n) is 17.5. The molecule has 0 spiro atoms. The van der Waals surface area contributed by atoms with Crippen molar-refractivity contribution in [1.29, 1.82) is 0 Å². The molecule has 1 saturated heterocycles. The van der Waals surface area contributed by atoms with E-state index in [-0.39, 0.29) is 17.3 Å². The first-order chi connectivity index (χ1) is 14.9. The van der Waals surface area contributed by atoms with Crippen molar-refractivity contribution >= 4 is 49.2 Å². The van der Waals surface area contributed by atoms with Gasteiger partial charge >= 0.3 is 0 Å². The number of carbonyl (C=O) groups excluding carboxylic acids is 1. The smallest absolute Gasteiger partial charge is 0.252 e. The van der Waals surface area contributed by atoms with Gasteiger partial charge in [-0.15, -0.1) is 11.8 Å². The molecule has 9 heteroatoms. The van der Waals surface area contributed by atoms with Crippen LogP contribution in [0, 0.1) is 5.92 Å². The van der Waals surface area contributed by atoms with Crippen LogP contribution < -0.4 is 4.80 Å². The van der Waals surface area contributed by atoms with Gasteiger partial charge in [0.25, 0.3) is 5.91 Å². The Kier molecular flexibility index (Phi) is 6.66. The number of carbonyl (C=O) groups is 1. The summed E-state index contributed by atoms with van der Waals surface area (Å²) in [6.45, 7) is 3.35. The molecule has 6 nitrogen and oxygen atoms in total. The first kappa shape index (κ1) is 22.3. The maximum absolute atomic E-state index is 13.0. The highest BCUT2D eigenvalue weighted by Crippen LogP contribution is 2.26. The minimum absolute atomic E-state index is 0.174. The summed E-state index contributed by atoms with van der Waals surface area (Å²) in [5, 5.41) is 0. The lowest BCUT2D eigenvalue weighted by molar-refractivity contribution is -0.122. The molecule has 1 atom stereocenters. The maximum Gasteiger partial charge on any atom is 0.252 e. The number of thioether (sulfide) groups is 1. The molecule has 1 aliphatic rings. The van der Waals surface area contributed by atoms with Gasteiger partial charge in [0.15, 0.2) is 4.80 Å². The van der Waals surface area contributed by atoms with Gasteiger partial charge in [-0.2, -0.15) is 9.30 Å². The second kappa shape index (κ2) is 9.28. The zero-order chi connectivity index (χ0) is 22.0. The number of rotatable bonds is 5. The van der Waals surface area contributed by atoms with E-state index in [9.17, 15) is 13.2 Å². The van der Waals surface area contributed by atoms with Crippen LogP contribution in [0.4, 0.5) is 0 Å². The first-order valence-corrected chi connectivity index (χ1v) is 13.7. The van der Waals surface area contributed by atoms with Crippen molar-refractivity contribution < 1.29 is 13.2 Å². The number of piperidine rings is 1. The third-order valence-corrected chi connectivity index (χ3v) is 9.17. The predicted octanol–water partition coefficient (Wildman–Crippen LogP) is 3.97. The topological polar surface area (TPSA) is 71.7 Å². The molecule has 0 aliphatic carbocycles. The molecule has 31 heavy (non-hydrogen) atoms. The third-order valence-electron chi connectivity index (χ3n) is 5.53. The van der Waals surface area contributed by atoms with Crippen molar-refractivity contribution in [2.24, 2.45) is 10.9 Å². The van der Waals surface area contributed by atoms with Crippen molar-refractivity contribution in [2.45, 2.75) is 36.1 Å². The molecular formula is C22H25N3O3S3. The highest BCUT2D eigenvalue weighted by Gasteiger charge is 2.33. The summed E-state index contributed by atoms with van der Waals surface area (Å²) in [7, 11) is -3.61. The summed E-state index contributed by atoms with van der Waals surface area (Å²) >= 11 is 3.18. The van der Waals surface area contributed by atoms with Gasteiger partial charge in [0.2, 0.25) is 10.0 Å². The number of aryl methyl sites for hydroxylation is 1. The van der Waals surface area contributed by atoms with Crippen molar-refractivity contribution in [1.82, 2.24) is 8.87 Å². The molecule has 0 radical (unpaired) electrons. The molecule has 4 rings (SSSR count). The van der Waals surface area contributed by atoms with Crippen LogP contribution in [-0.4, -0.2) is 42.5 Å². The highest BCUT2D eigenvalue weighted by molar-refractivity contribution is 7.98. The quantitative estimate of drug-likeness (QED) is 0.524. The number of hydrogen-bond donors (Lipinski definition) is 0. The summed E-state index contributed by atoms with van der Waals surface area (Å²) in [4.78, 5) is 19.6. The van der Waals surface area contributed by atoms with Crippen LogP contribution in [0.25, 0.3) is 10.2 Å². The van der Waals surface area contributed by atoms with Gasteiger partial charge < -0.3 is 4.57 Å². The number of hydrogen-bond acceptors (Lipinski definition) is 5. The Labute approximate surface area is 190 Å². The van der Waals surface area contributed by atoms with Crippen molar-refractivity contribution in [2.75, 3.05) is 19.3 Å². The predicted molar refractivity (Wildman–Crippen MR) is 126 cm³/mol. The summed E-state index contributed by atoms with van der Waals surface area (Å²) in [6.07, 6.45) is 3.34. The lowest BCUT2D eigenvalue weighted by atomic mass is 9.99. The van der Waals surface area contributed by atoms with Gasteiger partial charge in [-0.05, 0) is 56.4 Å². The largest absolute Gasteiger partial charge is 0.317 e. The average molecular weight is 476 g/mol. The Morgan fingerprint density at radius 2 is 2.00 bits per heavy atom. The van der Waals surface area contributed by atoms with Gasteiger partial charge in [0.05, 0.1) is 21.0 Å². The molecule has 1 amide bonds. The van der Waals surface area contributed by atoms with Crippen molar-refractivity contribution in [3.05, 3.63) is 53.3 Å². The Morgan fingerprint density at radius 3 is 2.71 bits per heavy atom. The Balaban J connectivity index is 1.62. The van der Waals surface area contributed by atoms with Gasteiger partial charge in [-0.1, -0.05) is 29.5 Å². The van der Waals surface area contributed by atoms with Crippen LogP contribution in [0.15, 0.2) is 63.3 Å². The molecule has 1 aliphatic heterocycles. The van der Waals surface area contributed by atoms with Crippen LogP contribution in [0.5, 0.6) is 0 Å². The molecule has 3 aromatic rings. The van der Waals surface area contributed by atoms with E-state index in [0.717, 1.165) is 10.2 Å². The molecule has 2 aromatic carbocycles. The lowest BCUT2D eigenvalue weighted by Gasteiger charge is -2.30. The number of thiazole rings is 1. The fraction of sp³-hybridized carbons (Fsp3) is 0.364. The van der Waals surface area contributed by atoms with Crippen LogP contribution in [0.3, 0.4) is 0 Å². The Bertz CT molecular complexity index is 1260. The van der Waals surface area contributed by atoms with Gasteiger partial charge in [-0.3, -0.25) is 4.79 Å². The van der Waals surface area contributed by atoms with Crippen molar-refractivity contribution in [3.63, 3.8) is 0 Å². The van der Waals surface area contributed by atoms with E-state index in [1.54, 1.807) is 42.1 Å². The molecule has 1 unspecified atom stereocenters. The van der Waals surface area contributed by atoms with E-state index < -0.39 is 15.9 Å². The first-order valence-electron chi connectivity index (χ1n) is 10.2. The number of benzene rings is 2. The molecule has 164 valence electrons. The highest BCUT2D eigenvalue weighted by atomic mass is 32.2. The minimum Gasteiger partial charge on any atom is -0.317 e. The van der Waals surface area contributed by atoms with Crippen LogP contribution in [0.1, 0.15) is 19.8 Å². The normalized spacial score (nSPS) is 18.5. The molecule has 0 bridgehead atoms. The number of nitrogens with zero attached hydrogens (tertiary/aromatic N) is 3. The number of amides is 1. The maximum atomic E-state index is 13.0. The second-order valence-electron chi connectivity index (χ2n) is 7.43. The van der Waals surface area contributed by atoms with Gasteiger partial charge in [0, 0.05) is 24.5 Å². The van der Waals surface area contributed by atoms with Crippen LogP contribution in [-0.2, 0) is 21.4 Å². The number of sulfonamides is 1. The van der Waals surface area contributed by atoms with Gasteiger partial charge in [0.1, 0.15) is 0 Å². The summed E-state index contributed by atoms with van der Waals surface area (Å²) < 4.78 is 30.5. The second-order valence-corrected chi connectivity index (χ2v) is 11.3. The Hall–Kier alpha value is -1.94. The average Bonchev–Trinajstić information content (AvgIpc) is 3.15. The van der Waals surface area contributed by atoms with E-state index in [4.69, 9.17) is 0 Å². The molecule has 0 N–H and O–H groups in total. The number of fused-ring (bicyclic) bond motifs is 1. The minimum atomic E-state index is -3.61. The lowest BCUT2D eigenvalue weighted by Crippen LogP contribution is -2.42. The number of aromatic nitrogens is 1. The summed E-state index contributed by atoms with van der Waals surface area (Å²) in [6, 6.07) is 14.7. The van der Waals surface area contributed by atoms with Crippen molar-refractivity contribution in [3.8, 4) is 0 Å². The zero-order valence-corrected chi connectivity index (χ0v) is 20.0. The fourth-order valence-electron chi connectivity index (χ4n) is 3.86. The molecule has 1 aromatic heterocycles. The standard InChI is InChI=1S/C22H25N3O3S3/c1-3-25-19-12-11-17(29-2)14-20(19)30-22(25)23-21(26)16-8-7-13-24(15-16)31(27,28)18-9-5-4-6-10-18/h4-6,9-12,14,16H,3,7-8,13,15H2,1-2H3. The molecule has 1 fully saturated rings. The van der Waals surface area contributed by atoms with E-state index >= 15 is 0 Å². The van der Waals surface area contributed by atoms with Gasteiger partial charge in [-0.25, -0.2) is 8.42 Å². The molecule has 2 heterocycles. The summed E-state index contributed by atoms with van der Waals surface area (Å²) in [5.41, 5.74) is 1.06. The van der Waals surface area contributed by atoms with E-state index in [1.165, 1.54) is 20.5 Å². The van der Waals surface area contributed by atoms with E-state index in [1.807, 2.05) is 17.7 Å². The molecular weight excluding hydrogens is 450 g/mol. The van der Waals surface area contributed by atoms with Crippen LogP contribution in [0.2, 0.25) is 0 Å². The molecule has 0 saturated carbocycles. The van der Waals surface area contributed by atoms with E-state index in [2.05, 4.69) is 23.2 Å².